The molecular formula is C13H15ClO3. The summed E-state index contributed by atoms with van der Waals surface area (Å²) in [5, 5.41) is 0. The monoisotopic (exact) mass is 254 g/mol. The standard InChI is InChI=1S/C13H15ClO3/c1-9-3-4-11(12(15)5-6-14)10(7-9)8-13(16)17-2/h3-4,7H,5-6,8H2,1-2H3. The Labute approximate surface area is 106 Å². The van der Waals surface area contributed by atoms with Crippen molar-refractivity contribution < 1.29 is 14.3 Å². The maximum Gasteiger partial charge on any atom is 0.310 e. The number of Topliss-reactive ketones (excluding diaryl/α,β-unsaturated/α-hetero) is 1. The molecule has 92 valence electrons. The van der Waals surface area contributed by atoms with Gasteiger partial charge in [-0.2, -0.15) is 0 Å². The van der Waals surface area contributed by atoms with Crippen molar-refractivity contribution in [1.29, 1.82) is 0 Å². The number of carbonyl (C=O) groups excluding carboxylic acids is 2. The van der Waals surface area contributed by atoms with E-state index in [-0.39, 0.29) is 30.5 Å². The van der Waals surface area contributed by atoms with Gasteiger partial charge in [-0.05, 0) is 12.5 Å². The van der Waals surface area contributed by atoms with Crippen molar-refractivity contribution in [2.45, 2.75) is 19.8 Å². The fraction of sp³-hybridized carbons (Fsp3) is 0.385. The number of hydrogen-bond acceptors (Lipinski definition) is 3. The summed E-state index contributed by atoms with van der Waals surface area (Å²) in [7, 11) is 1.33. The molecule has 0 fully saturated rings. The molecule has 0 heterocycles. The Hall–Kier alpha value is -1.35. The number of methoxy groups -OCH3 is 1. The van der Waals surface area contributed by atoms with Gasteiger partial charge in [-0.3, -0.25) is 9.59 Å². The van der Waals surface area contributed by atoms with Crippen LogP contribution in [0.4, 0.5) is 0 Å². The molecule has 0 spiro atoms. The first-order chi connectivity index (χ1) is 8.08. The minimum absolute atomic E-state index is 0.0427. The molecule has 0 N–H and O–H groups in total. The number of alkyl halides is 1. The fourth-order valence-corrected chi connectivity index (χ4v) is 1.76. The molecule has 0 aliphatic heterocycles. The molecule has 1 rings (SSSR count). The van der Waals surface area contributed by atoms with E-state index in [1.165, 1.54) is 7.11 Å². The van der Waals surface area contributed by atoms with E-state index in [2.05, 4.69) is 4.74 Å². The molecule has 0 amide bonds. The van der Waals surface area contributed by atoms with Crippen molar-refractivity contribution in [3.05, 3.63) is 34.9 Å². The number of halogens is 1. The first-order valence-electron chi connectivity index (χ1n) is 5.34. The molecule has 1 aromatic rings. The van der Waals surface area contributed by atoms with Crippen LogP contribution in [0.5, 0.6) is 0 Å². The molecule has 0 atom stereocenters. The topological polar surface area (TPSA) is 43.4 Å². The van der Waals surface area contributed by atoms with Crippen LogP contribution in [0, 0.1) is 6.92 Å². The van der Waals surface area contributed by atoms with Gasteiger partial charge in [0.05, 0.1) is 13.5 Å². The second-order valence-corrected chi connectivity index (χ2v) is 4.15. The van der Waals surface area contributed by atoms with Gasteiger partial charge in [0.1, 0.15) is 0 Å². The van der Waals surface area contributed by atoms with Gasteiger partial charge in [0.15, 0.2) is 5.78 Å². The van der Waals surface area contributed by atoms with Crippen LogP contribution in [0.3, 0.4) is 0 Å². The number of benzene rings is 1. The quantitative estimate of drug-likeness (QED) is 0.461. The second kappa shape index (κ2) is 6.40. The summed E-state index contributed by atoms with van der Waals surface area (Å²) in [6.07, 6.45) is 0.389. The van der Waals surface area contributed by atoms with Crippen LogP contribution in [0.2, 0.25) is 0 Å². The van der Waals surface area contributed by atoms with Crippen LogP contribution >= 0.6 is 11.6 Å². The number of rotatable bonds is 5. The highest BCUT2D eigenvalue weighted by Crippen LogP contribution is 2.15. The van der Waals surface area contributed by atoms with E-state index < -0.39 is 0 Å². The van der Waals surface area contributed by atoms with Gasteiger partial charge in [-0.25, -0.2) is 0 Å². The fourth-order valence-electron chi connectivity index (χ4n) is 1.59. The average molecular weight is 255 g/mol. The molecular weight excluding hydrogens is 240 g/mol. The largest absolute Gasteiger partial charge is 0.469 e. The first-order valence-corrected chi connectivity index (χ1v) is 5.87. The van der Waals surface area contributed by atoms with E-state index in [0.717, 1.165) is 5.56 Å². The van der Waals surface area contributed by atoms with Crippen molar-refractivity contribution in [2.75, 3.05) is 13.0 Å². The summed E-state index contributed by atoms with van der Waals surface area (Å²) in [4.78, 5) is 23.1. The van der Waals surface area contributed by atoms with Crippen molar-refractivity contribution in [1.82, 2.24) is 0 Å². The lowest BCUT2D eigenvalue weighted by atomic mass is 9.97. The van der Waals surface area contributed by atoms with Crippen molar-refractivity contribution in [3.8, 4) is 0 Å². The Morgan fingerprint density at radius 2 is 2.06 bits per heavy atom. The highest BCUT2D eigenvalue weighted by molar-refractivity contribution is 6.19. The SMILES string of the molecule is COC(=O)Cc1cc(C)ccc1C(=O)CCCl. The minimum Gasteiger partial charge on any atom is -0.469 e. The third-order valence-corrected chi connectivity index (χ3v) is 2.63. The summed E-state index contributed by atoms with van der Waals surface area (Å²) < 4.78 is 4.61. The highest BCUT2D eigenvalue weighted by Gasteiger charge is 2.14. The molecule has 0 aliphatic rings. The zero-order valence-electron chi connectivity index (χ0n) is 9.96. The molecule has 17 heavy (non-hydrogen) atoms. The third-order valence-electron chi connectivity index (χ3n) is 2.45. The Kier molecular flexibility index (Phi) is 5.16. The molecule has 0 saturated carbocycles. The number of aryl methyl sites for hydroxylation is 1. The highest BCUT2D eigenvalue weighted by atomic mass is 35.5. The summed E-state index contributed by atoms with van der Waals surface area (Å²) in [5.41, 5.74) is 2.26. The number of hydrogen-bond donors (Lipinski definition) is 0. The summed E-state index contributed by atoms with van der Waals surface area (Å²) in [5.74, 6) is -0.112. The van der Waals surface area contributed by atoms with Gasteiger partial charge < -0.3 is 4.74 Å². The molecule has 0 bridgehead atoms. The molecule has 4 heteroatoms. The number of esters is 1. The third kappa shape index (κ3) is 3.86. The summed E-state index contributed by atoms with van der Waals surface area (Å²) in [6, 6.07) is 5.42. The van der Waals surface area contributed by atoms with Gasteiger partial charge in [0.2, 0.25) is 0 Å². The van der Waals surface area contributed by atoms with Gasteiger partial charge in [-0.1, -0.05) is 23.8 Å². The maximum atomic E-state index is 11.8. The van der Waals surface area contributed by atoms with Gasteiger partial charge >= 0.3 is 5.97 Å². The number of carbonyl (C=O) groups is 2. The Morgan fingerprint density at radius 3 is 2.65 bits per heavy atom. The lowest BCUT2D eigenvalue weighted by molar-refractivity contribution is -0.139. The molecule has 3 nitrogen and oxygen atoms in total. The molecule has 0 unspecified atom stereocenters. The molecule has 1 aromatic carbocycles. The molecule has 0 radical (unpaired) electrons. The normalized spacial score (nSPS) is 10.1. The lowest BCUT2D eigenvalue weighted by Crippen LogP contribution is -2.10. The van der Waals surface area contributed by atoms with Gasteiger partial charge in [0.25, 0.3) is 0 Å². The van der Waals surface area contributed by atoms with E-state index in [1.54, 1.807) is 6.07 Å². The smallest absolute Gasteiger partial charge is 0.310 e. The Bertz CT molecular complexity index is 427. The van der Waals surface area contributed by atoms with Crippen LogP contribution < -0.4 is 0 Å². The maximum absolute atomic E-state index is 11.8. The Morgan fingerprint density at radius 1 is 1.35 bits per heavy atom. The van der Waals surface area contributed by atoms with E-state index in [9.17, 15) is 9.59 Å². The Balaban J connectivity index is 3.03. The summed E-state index contributed by atoms with van der Waals surface area (Å²) in [6.45, 7) is 1.91. The minimum atomic E-state index is -0.351. The number of ketones is 1. The van der Waals surface area contributed by atoms with Crippen molar-refractivity contribution >= 4 is 23.4 Å². The van der Waals surface area contributed by atoms with Crippen LogP contribution in [0.25, 0.3) is 0 Å². The zero-order chi connectivity index (χ0) is 12.8. The van der Waals surface area contributed by atoms with E-state index in [4.69, 9.17) is 11.6 Å². The van der Waals surface area contributed by atoms with E-state index in [1.807, 2.05) is 19.1 Å². The van der Waals surface area contributed by atoms with Crippen LogP contribution in [-0.2, 0) is 16.0 Å². The zero-order valence-corrected chi connectivity index (χ0v) is 10.7. The van der Waals surface area contributed by atoms with Crippen molar-refractivity contribution in [3.63, 3.8) is 0 Å². The predicted octanol–water partition coefficient (Wildman–Crippen LogP) is 2.52. The molecule has 0 saturated heterocycles. The summed E-state index contributed by atoms with van der Waals surface area (Å²) >= 11 is 5.55. The first kappa shape index (κ1) is 13.7. The van der Waals surface area contributed by atoms with Gasteiger partial charge in [0, 0.05) is 17.9 Å². The van der Waals surface area contributed by atoms with E-state index in [0.29, 0.717) is 11.1 Å². The average Bonchev–Trinajstić information content (AvgIpc) is 2.29. The molecule has 0 aliphatic carbocycles. The van der Waals surface area contributed by atoms with Crippen LogP contribution in [0.1, 0.15) is 27.9 Å². The predicted molar refractivity (Wildman–Crippen MR) is 66.6 cm³/mol. The number of ether oxygens (including phenoxy) is 1. The van der Waals surface area contributed by atoms with Crippen LogP contribution in [-0.4, -0.2) is 24.7 Å². The van der Waals surface area contributed by atoms with E-state index >= 15 is 0 Å². The van der Waals surface area contributed by atoms with Crippen LogP contribution in [0.15, 0.2) is 18.2 Å². The lowest BCUT2D eigenvalue weighted by Gasteiger charge is -2.08. The van der Waals surface area contributed by atoms with Gasteiger partial charge in [-0.15, -0.1) is 11.6 Å². The van der Waals surface area contributed by atoms with Crippen molar-refractivity contribution in [2.24, 2.45) is 0 Å². The second-order valence-electron chi connectivity index (χ2n) is 3.78. The molecule has 0 aromatic heterocycles.